The first-order valence-corrected chi connectivity index (χ1v) is 13.4. The van der Waals surface area contributed by atoms with Gasteiger partial charge in [-0.05, 0) is 62.1 Å². The number of nitrogens with one attached hydrogen (secondary N) is 1. The summed E-state index contributed by atoms with van der Waals surface area (Å²) in [4.78, 5) is 22.1. The van der Waals surface area contributed by atoms with E-state index in [0.29, 0.717) is 24.1 Å². The van der Waals surface area contributed by atoms with Gasteiger partial charge in [-0.1, -0.05) is 11.6 Å². The largest absolute Gasteiger partial charge is 0.389 e. The van der Waals surface area contributed by atoms with Gasteiger partial charge in [0.1, 0.15) is 5.82 Å². The van der Waals surface area contributed by atoms with Crippen LogP contribution in [0.1, 0.15) is 33.1 Å². The number of aliphatic hydroxyl groups is 1. The molecule has 4 heterocycles. The van der Waals surface area contributed by atoms with Gasteiger partial charge in [-0.2, -0.15) is 0 Å². The van der Waals surface area contributed by atoms with Crippen LogP contribution in [0.2, 0.25) is 5.02 Å². The molecule has 0 bridgehead atoms. The molecule has 0 radical (unpaired) electrons. The maximum atomic E-state index is 12.9. The van der Waals surface area contributed by atoms with Crippen LogP contribution >= 0.6 is 11.6 Å². The van der Waals surface area contributed by atoms with Crippen LogP contribution in [0.4, 0.5) is 11.5 Å². The lowest BCUT2D eigenvalue weighted by atomic mass is 9.93. The van der Waals surface area contributed by atoms with Gasteiger partial charge in [-0.15, -0.1) is 0 Å². The lowest BCUT2D eigenvalue weighted by molar-refractivity contribution is -0.118. The van der Waals surface area contributed by atoms with E-state index in [0.717, 1.165) is 68.6 Å². The van der Waals surface area contributed by atoms with E-state index in [1.165, 1.54) is 0 Å². The topological polar surface area (TPSA) is 87.2 Å². The Kier molecular flexibility index (Phi) is 6.16. The minimum absolute atomic E-state index is 0.0578. The highest BCUT2D eigenvalue weighted by molar-refractivity contribution is 6.34. The van der Waals surface area contributed by atoms with E-state index in [-0.39, 0.29) is 28.8 Å². The number of aliphatic hydroxyl groups excluding tert-OH is 1. The van der Waals surface area contributed by atoms with E-state index in [1.54, 1.807) is 6.20 Å². The summed E-state index contributed by atoms with van der Waals surface area (Å²) >= 11 is 6.75. The van der Waals surface area contributed by atoms with E-state index in [9.17, 15) is 9.90 Å². The molecule has 6 rings (SSSR count). The Hall–Kier alpha value is -1.97. The standard InChI is InChI=1S/C27H35ClN4O4/c1-17-14-31(26(2)16-36-15-23(26)33)5-6-32(17)22-10-18-11-24(29-13-19(18)9-21(22)28)30-25(34)20-12-27(20)3-7-35-8-4-27/h9-11,13,17,20,23,33H,3-8,12,14-16H2,1-2H3,(H,29,30,34). The number of fused-ring (bicyclic) bond motifs is 1. The third-order valence-corrected chi connectivity index (χ3v) is 9.38. The number of carbonyl (C=O) groups excluding carboxylic acids is 1. The molecule has 9 heteroatoms. The fraction of sp³-hybridized carbons (Fsp3) is 0.630. The van der Waals surface area contributed by atoms with Gasteiger partial charge in [0, 0.05) is 56.4 Å². The Morgan fingerprint density at radius 2 is 2.00 bits per heavy atom. The van der Waals surface area contributed by atoms with Crippen LogP contribution in [-0.2, 0) is 14.3 Å². The summed E-state index contributed by atoms with van der Waals surface area (Å²) in [7, 11) is 0. The molecule has 3 saturated heterocycles. The number of ether oxygens (including phenoxy) is 2. The summed E-state index contributed by atoms with van der Waals surface area (Å²) in [6.07, 6.45) is 4.19. The number of rotatable bonds is 4. The highest BCUT2D eigenvalue weighted by Gasteiger charge is 2.58. The monoisotopic (exact) mass is 514 g/mol. The molecule has 1 aromatic heterocycles. The average Bonchev–Trinajstić information content (AvgIpc) is 3.44. The Morgan fingerprint density at radius 3 is 2.72 bits per heavy atom. The van der Waals surface area contributed by atoms with Gasteiger partial charge in [0.15, 0.2) is 0 Å². The van der Waals surface area contributed by atoms with Gasteiger partial charge >= 0.3 is 0 Å². The predicted molar refractivity (Wildman–Crippen MR) is 140 cm³/mol. The second kappa shape index (κ2) is 9.10. The summed E-state index contributed by atoms with van der Waals surface area (Å²) < 4.78 is 11.0. The second-order valence-corrected chi connectivity index (χ2v) is 11.7. The molecule has 3 aliphatic heterocycles. The summed E-state index contributed by atoms with van der Waals surface area (Å²) in [5.74, 6) is 0.701. The number of piperazine rings is 1. The highest BCUT2D eigenvalue weighted by Crippen LogP contribution is 2.59. The lowest BCUT2D eigenvalue weighted by Gasteiger charge is -2.48. The number of carbonyl (C=O) groups is 1. The molecule has 1 amide bonds. The van der Waals surface area contributed by atoms with Crippen LogP contribution in [0.3, 0.4) is 0 Å². The Bertz CT molecular complexity index is 1170. The van der Waals surface area contributed by atoms with Crippen molar-refractivity contribution in [3.63, 3.8) is 0 Å². The molecule has 1 aliphatic carbocycles. The number of halogens is 1. The van der Waals surface area contributed by atoms with Gasteiger partial charge in [0.2, 0.25) is 5.91 Å². The molecular formula is C27H35ClN4O4. The van der Waals surface area contributed by atoms with Crippen molar-refractivity contribution in [2.45, 2.75) is 50.8 Å². The van der Waals surface area contributed by atoms with Crippen molar-refractivity contribution in [2.24, 2.45) is 11.3 Å². The van der Waals surface area contributed by atoms with E-state index in [1.807, 2.05) is 12.1 Å². The summed E-state index contributed by atoms with van der Waals surface area (Å²) in [5.41, 5.74) is 0.768. The molecule has 194 valence electrons. The van der Waals surface area contributed by atoms with Crippen molar-refractivity contribution in [3.8, 4) is 0 Å². The minimum Gasteiger partial charge on any atom is -0.389 e. The van der Waals surface area contributed by atoms with Crippen LogP contribution in [-0.4, -0.2) is 84.6 Å². The molecule has 1 spiro atoms. The van der Waals surface area contributed by atoms with Crippen LogP contribution in [0, 0.1) is 11.3 Å². The van der Waals surface area contributed by atoms with E-state index in [4.69, 9.17) is 21.1 Å². The molecule has 4 fully saturated rings. The summed E-state index contributed by atoms with van der Waals surface area (Å²) in [6.45, 7) is 9.17. The fourth-order valence-electron chi connectivity index (χ4n) is 6.44. The Morgan fingerprint density at radius 1 is 1.19 bits per heavy atom. The second-order valence-electron chi connectivity index (χ2n) is 11.3. The zero-order valence-electron chi connectivity index (χ0n) is 21.0. The molecule has 2 N–H and O–H groups in total. The number of hydrogen-bond donors (Lipinski definition) is 2. The molecule has 4 aliphatic rings. The highest BCUT2D eigenvalue weighted by atomic mass is 35.5. The van der Waals surface area contributed by atoms with Crippen LogP contribution in [0.5, 0.6) is 0 Å². The third kappa shape index (κ3) is 4.17. The number of hydrogen-bond acceptors (Lipinski definition) is 7. The van der Waals surface area contributed by atoms with E-state index < -0.39 is 6.10 Å². The van der Waals surface area contributed by atoms with Crippen molar-refractivity contribution < 1.29 is 19.4 Å². The molecular weight excluding hydrogens is 480 g/mol. The van der Waals surface area contributed by atoms with Gasteiger partial charge in [-0.25, -0.2) is 4.98 Å². The SMILES string of the molecule is CC1CN(C2(C)COCC2O)CCN1c1cc2cc(NC(=O)C3CC34CCOCC4)ncc2cc1Cl. The molecule has 4 atom stereocenters. The van der Waals surface area contributed by atoms with Gasteiger partial charge < -0.3 is 24.8 Å². The number of benzene rings is 1. The first-order chi connectivity index (χ1) is 17.3. The fourth-order valence-corrected chi connectivity index (χ4v) is 6.72. The molecule has 2 aromatic rings. The number of anilines is 2. The van der Waals surface area contributed by atoms with Crippen LogP contribution < -0.4 is 10.2 Å². The maximum Gasteiger partial charge on any atom is 0.229 e. The van der Waals surface area contributed by atoms with E-state index in [2.05, 4.69) is 40.0 Å². The van der Waals surface area contributed by atoms with Crippen molar-refractivity contribution in [2.75, 3.05) is 56.3 Å². The number of aromatic nitrogens is 1. The summed E-state index contributed by atoms with van der Waals surface area (Å²) in [5, 5.41) is 16.2. The molecule has 1 saturated carbocycles. The molecule has 4 unspecified atom stereocenters. The summed E-state index contributed by atoms with van der Waals surface area (Å²) in [6, 6.07) is 6.22. The number of nitrogens with zero attached hydrogens (tertiary/aromatic N) is 3. The van der Waals surface area contributed by atoms with Crippen molar-refractivity contribution in [3.05, 3.63) is 29.4 Å². The lowest BCUT2D eigenvalue weighted by Crippen LogP contribution is -2.63. The first-order valence-electron chi connectivity index (χ1n) is 13.0. The van der Waals surface area contributed by atoms with Crippen molar-refractivity contribution in [1.29, 1.82) is 0 Å². The zero-order chi connectivity index (χ0) is 25.1. The molecule has 36 heavy (non-hydrogen) atoms. The van der Waals surface area contributed by atoms with Gasteiger partial charge in [-0.3, -0.25) is 9.69 Å². The zero-order valence-corrected chi connectivity index (χ0v) is 21.8. The normalized spacial score (nSPS) is 32.2. The van der Waals surface area contributed by atoms with Crippen LogP contribution in [0.25, 0.3) is 10.8 Å². The van der Waals surface area contributed by atoms with Crippen molar-refractivity contribution in [1.82, 2.24) is 9.88 Å². The van der Waals surface area contributed by atoms with Gasteiger partial charge in [0.05, 0.1) is 35.6 Å². The Balaban J connectivity index is 1.18. The van der Waals surface area contributed by atoms with Gasteiger partial charge in [0.25, 0.3) is 0 Å². The number of pyridine rings is 1. The smallest absolute Gasteiger partial charge is 0.229 e. The predicted octanol–water partition coefficient (Wildman–Crippen LogP) is 3.30. The Labute approximate surface area is 216 Å². The number of amides is 1. The average molecular weight is 515 g/mol. The van der Waals surface area contributed by atoms with Crippen LogP contribution in [0.15, 0.2) is 24.4 Å². The maximum absolute atomic E-state index is 12.9. The minimum atomic E-state index is -0.474. The first kappa shape index (κ1) is 24.4. The van der Waals surface area contributed by atoms with Crippen molar-refractivity contribution >= 4 is 39.8 Å². The quantitative estimate of drug-likeness (QED) is 0.647. The third-order valence-electron chi connectivity index (χ3n) is 9.08. The molecule has 1 aromatic carbocycles. The molecule has 8 nitrogen and oxygen atoms in total. The van der Waals surface area contributed by atoms with E-state index >= 15 is 0 Å².